The molecular weight excluding hydrogens is 204 g/mol. The molecule has 2 rings (SSSR count). The van der Waals surface area contributed by atoms with Crippen LogP contribution in [0.25, 0.3) is 6.08 Å². The van der Waals surface area contributed by atoms with Crippen molar-refractivity contribution in [2.45, 2.75) is 25.9 Å². The zero-order valence-electron chi connectivity index (χ0n) is 9.40. The Morgan fingerprint density at radius 2 is 2.00 bits per heavy atom. The van der Waals surface area contributed by atoms with Gasteiger partial charge in [-0.25, -0.2) is 4.79 Å². The van der Waals surface area contributed by atoms with Crippen molar-refractivity contribution in [1.82, 2.24) is 0 Å². The summed E-state index contributed by atoms with van der Waals surface area (Å²) >= 11 is 0. The second-order valence-electron chi connectivity index (χ2n) is 3.96. The Labute approximate surface area is 94.7 Å². The monoisotopic (exact) mass is 218 g/mol. The largest absolute Gasteiger partial charge is 0.514 e. The second kappa shape index (κ2) is 4.00. The highest BCUT2D eigenvalue weighted by Gasteiger charge is 2.41. The highest BCUT2D eigenvalue weighted by Crippen LogP contribution is 2.34. The number of hydrogen-bond acceptors (Lipinski definition) is 3. The van der Waals surface area contributed by atoms with E-state index in [0.29, 0.717) is 12.2 Å². The SMILES string of the molecule is CCC1(C)OC(=O)OC1=Cc1ccccc1. The van der Waals surface area contributed by atoms with Crippen molar-refractivity contribution in [3.8, 4) is 0 Å². The van der Waals surface area contributed by atoms with Gasteiger partial charge >= 0.3 is 6.16 Å². The van der Waals surface area contributed by atoms with Gasteiger partial charge < -0.3 is 9.47 Å². The molecule has 0 aromatic heterocycles. The number of cyclic esters (lactones) is 2. The summed E-state index contributed by atoms with van der Waals surface area (Å²) in [6.07, 6.45) is 1.91. The molecule has 1 saturated heterocycles. The van der Waals surface area contributed by atoms with E-state index in [2.05, 4.69) is 0 Å². The minimum atomic E-state index is -0.632. The minimum Gasteiger partial charge on any atom is -0.419 e. The Balaban J connectivity index is 2.33. The molecule has 1 aromatic rings. The summed E-state index contributed by atoms with van der Waals surface area (Å²) in [6.45, 7) is 3.81. The molecule has 1 heterocycles. The summed E-state index contributed by atoms with van der Waals surface area (Å²) in [5, 5.41) is 0. The smallest absolute Gasteiger partial charge is 0.419 e. The maximum Gasteiger partial charge on any atom is 0.514 e. The third-order valence-corrected chi connectivity index (χ3v) is 2.80. The summed E-state index contributed by atoms with van der Waals surface area (Å²) < 4.78 is 10.2. The van der Waals surface area contributed by atoms with E-state index < -0.39 is 11.8 Å². The van der Waals surface area contributed by atoms with Gasteiger partial charge in [-0.1, -0.05) is 37.3 Å². The van der Waals surface area contributed by atoms with Crippen LogP contribution in [-0.2, 0) is 9.47 Å². The summed E-state index contributed by atoms with van der Waals surface area (Å²) in [5.41, 5.74) is 0.364. The normalized spacial score (nSPS) is 26.6. The number of benzene rings is 1. The molecule has 1 aromatic carbocycles. The summed E-state index contributed by atoms with van der Waals surface area (Å²) in [4.78, 5) is 11.1. The standard InChI is InChI=1S/C13H14O3/c1-3-13(2)11(15-12(14)16-13)9-10-7-5-4-6-8-10/h4-9H,3H2,1-2H3. The number of rotatable bonds is 2. The summed E-state index contributed by atoms with van der Waals surface area (Å²) in [6, 6.07) is 9.73. The lowest BCUT2D eigenvalue weighted by Crippen LogP contribution is -2.24. The van der Waals surface area contributed by atoms with Crippen molar-refractivity contribution >= 4 is 12.2 Å². The van der Waals surface area contributed by atoms with Crippen LogP contribution >= 0.6 is 0 Å². The molecule has 0 N–H and O–H groups in total. The Morgan fingerprint density at radius 1 is 1.31 bits per heavy atom. The van der Waals surface area contributed by atoms with Gasteiger partial charge in [0.2, 0.25) is 0 Å². The molecular formula is C13H14O3. The van der Waals surface area contributed by atoms with Gasteiger partial charge in [0.05, 0.1) is 0 Å². The number of carbonyl (C=O) groups is 1. The lowest BCUT2D eigenvalue weighted by molar-refractivity contribution is 0.0747. The van der Waals surface area contributed by atoms with E-state index >= 15 is 0 Å². The Hall–Kier alpha value is -1.77. The van der Waals surface area contributed by atoms with Crippen molar-refractivity contribution in [1.29, 1.82) is 0 Å². The van der Waals surface area contributed by atoms with Gasteiger partial charge in [0.1, 0.15) is 0 Å². The first-order chi connectivity index (χ1) is 7.64. The predicted molar refractivity (Wildman–Crippen MR) is 60.7 cm³/mol. The third kappa shape index (κ3) is 1.94. The number of ether oxygens (including phenoxy) is 2. The fourth-order valence-corrected chi connectivity index (χ4v) is 1.58. The van der Waals surface area contributed by atoms with E-state index in [-0.39, 0.29) is 0 Å². The van der Waals surface area contributed by atoms with Gasteiger partial charge in [0, 0.05) is 0 Å². The average Bonchev–Trinajstić information content (AvgIpc) is 2.56. The molecule has 0 aliphatic carbocycles. The highest BCUT2D eigenvalue weighted by atomic mass is 16.8. The number of hydrogen-bond donors (Lipinski definition) is 0. The average molecular weight is 218 g/mol. The molecule has 0 saturated carbocycles. The molecule has 3 heteroatoms. The summed E-state index contributed by atoms with van der Waals surface area (Å²) in [5.74, 6) is 0.575. The van der Waals surface area contributed by atoms with E-state index in [4.69, 9.17) is 9.47 Å². The Morgan fingerprint density at radius 3 is 2.62 bits per heavy atom. The van der Waals surface area contributed by atoms with Crippen LogP contribution in [0.2, 0.25) is 0 Å². The maximum absolute atomic E-state index is 11.1. The molecule has 1 aliphatic rings. The molecule has 16 heavy (non-hydrogen) atoms. The van der Waals surface area contributed by atoms with Crippen molar-refractivity contribution in [3.05, 3.63) is 41.7 Å². The quantitative estimate of drug-likeness (QED) is 0.714. The summed E-state index contributed by atoms with van der Waals surface area (Å²) in [7, 11) is 0. The first-order valence-corrected chi connectivity index (χ1v) is 5.32. The van der Waals surface area contributed by atoms with Gasteiger partial charge in [0.25, 0.3) is 0 Å². The van der Waals surface area contributed by atoms with Crippen LogP contribution in [-0.4, -0.2) is 11.8 Å². The van der Waals surface area contributed by atoms with Crippen LogP contribution in [0.4, 0.5) is 4.79 Å². The maximum atomic E-state index is 11.1. The lowest BCUT2D eigenvalue weighted by atomic mass is 9.99. The Kier molecular flexibility index (Phi) is 2.69. The third-order valence-electron chi connectivity index (χ3n) is 2.80. The first kappa shape index (κ1) is 10.7. The molecule has 0 bridgehead atoms. The molecule has 84 valence electrons. The van der Waals surface area contributed by atoms with Gasteiger partial charge in [-0.3, -0.25) is 0 Å². The van der Waals surface area contributed by atoms with Gasteiger partial charge in [-0.15, -0.1) is 0 Å². The topological polar surface area (TPSA) is 35.5 Å². The zero-order valence-corrected chi connectivity index (χ0v) is 9.40. The zero-order chi connectivity index (χ0) is 11.6. The van der Waals surface area contributed by atoms with Crippen molar-refractivity contribution in [2.75, 3.05) is 0 Å². The molecule has 0 amide bonds. The lowest BCUT2D eigenvalue weighted by Gasteiger charge is -2.18. The van der Waals surface area contributed by atoms with E-state index in [9.17, 15) is 4.79 Å². The fourth-order valence-electron chi connectivity index (χ4n) is 1.58. The second-order valence-corrected chi connectivity index (χ2v) is 3.96. The number of carbonyl (C=O) groups excluding carboxylic acids is 1. The van der Waals surface area contributed by atoms with E-state index in [1.54, 1.807) is 0 Å². The molecule has 0 spiro atoms. The van der Waals surface area contributed by atoms with Crippen LogP contribution in [0.1, 0.15) is 25.8 Å². The van der Waals surface area contributed by atoms with Crippen LogP contribution < -0.4 is 0 Å². The van der Waals surface area contributed by atoms with Gasteiger partial charge in [-0.05, 0) is 25.0 Å². The molecule has 1 atom stereocenters. The molecule has 0 radical (unpaired) electrons. The highest BCUT2D eigenvalue weighted by molar-refractivity contribution is 5.70. The Bertz CT molecular complexity index is 422. The fraction of sp³-hybridized carbons (Fsp3) is 0.308. The molecule has 3 nitrogen and oxygen atoms in total. The van der Waals surface area contributed by atoms with Gasteiger partial charge in [0.15, 0.2) is 11.4 Å². The molecule has 1 aliphatic heterocycles. The molecule has 1 unspecified atom stereocenters. The van der Waals surface area contributed by atoms with E-state index in [1.165, 1.54) is 0 Å². The van der Waals surface area contributed by atoms with Gasteiger partial charge in [-0.2, -0.15) is 0 Å². The van der Waals surface area contributed by atoms with Crippen LogP contribution in [0.5, 0.6) is 0 Å². The minimum absolute atomic E-state index is 0.575. The predicted octanol–water partition coefficient (Wildman–Crippen LogP) is 3.36. The van der Waals surface area contributed by atoms with Crippen molar-refractivity contribution in [3.63, 3.8) is 0 Å². The van der Waals surface area contributed by atoms with Crippen LogP contribution in [0, 0.1) is 0 Å². The van der Waals surface area contributed by atoms with Crippen LogP contribution in [0.3, 0.4) is 0 Å². The van der Waals surface area contributed by atoms with Crippen molar-refractivity contribution in [2.24, 2.45) is 0 Å². The molecule has 1 fully saturated rings. The van der Waals surface area contributed by atoms with Crippen LogP contribution in [0.15, 0.2) is 36.1 Å². The van der Waals surface area contributed by atoms with E-state index in [1.807, 2.05) is 50.3 Å². The first-order valence-electron chi connectivity index (χ1n) is 5.32. The van der Waals surface area contributed by atoms with E-state index in [0.717, 1.165) is 5.56 Å². The van der Waals surface area contributed by atoms with Crippen molar-refractivity contribution < 1.29 is 14.3 Å².